The lowest BCUT2D eigenvalue weighted by Gasteiger charge is -2.24. The minimum Gasteiger partial charge on any atom is -0.367 e. The van der Waals surface area contributed by atoms with Crippen molar-refractivity contribution in [2.24, 2.45) is 0 Å². The molecule has 17 heavy (non-hydrogen) atoms. The number of hydrogen-bond acceptors (Lipinski definition) is 4. The molecule has 0 aliphatic carbocycles. The van der Waals surface area contributed by atoms with E-state index in [4.69, 9.17) is 5.73 Å². The summed E-state index contributed by atoms with van der Waals surface area (Å²) in [5, 5.41) is 3.92. The molecular formula is C11H19N5O. The van der Waals surface area contributed by atoms with Crippen LogP contribution in [0.4, 0.5) is 5.95 Å². The van der Waals surface area contributed by atoms with Crippen LogP contribution in [0.25, 0.3) is 0 Å². The van der Waals surface area contributed by atoms with Gasteiger partial charge < -0.3 is 10.6 Å². The number of carbonyl (C=O) groups is 1. The molecule has 2 N–H and O–H groups in total. The average molecular weight is 237 g/mol. The largest absolute Gasteiger partial charge is 0.367 e. The summed E-state index contributed by atoms with van der Waals surface area (Å²) >= 11 is 0. The van der Waals surface area contributed by atoms with Crippen LogP contribution in [0, 0.1) is 0 Å². The first-order chi connectivity index (χ1) is 8.25. The van der Waals surface area contributed by atoms with Crippen molar-refractivity contribution in [3.8, 4) is 0 Å². The van der Waals surface area contributed by atoms with Crippen molar-refractivity contribution >= 4 is 11.9 Å². The number of amides is 1. The van der Waals surface area contributed by atoms with E-state index in [1.807, 2.05) is 4.90 Å². The van der Waals surface area contributed by atoms with Crippen LogP contribution in [0.5, 0.6) is 0 Å². The number of aromatic nitrogens is 3. The second-order valence-electron chi connectivity index (χ2n) is 4.45. The van der Waals surface area contributed by atoms with Gasteiger partial charge in [0.1, 0.15) is 12.9 Å². The molecule has 0 atom stereocenters. The van der Waals surface area contributed by atoms with Crippen LogP contribution in [0.15, 0.2) is 6.33 Å². The summed E-state index contributed by atoms with van der Waals surface area (Å²) in [5.74, 6) is 0.322. The first-order valence-electron chi connectivity index (χ1n) is 6.18. The molecule has 0 aromatic carbocycles. The van der Waals surface area contributed by atoms with Crippen molar-refractivity contribution in [3.05, 3.63) is 6.33 Å². The molecule has 2 rings (SSSR count). The van der Waals surface area contributed by atoms with Crippen LogP contribution in [0.3, 0.4) is 0 Å². The Hall–Kier alpha value is -1.59. The van der Waals surface area contributed by atoms with Gasteiger partial charge in [-0.05, 0) is 12.8 Å². The summed E-state index contributed by atoms with van der Waals surface area (Å²) < 4.78 is 1.50. The van der Waals surface area contributed by atoms with Crippen molar-refractivity contribution in [1.82, 2.24) is 19.7 Å². The third-order valence-corrected chi connectivity index (χ3v) is 3.06. The van der Waals surface area contributed by atoms with E-state index in [9.17, 15) is 4.79 Å². The molecule has 0 saturated carbocycles. The van der Waals surface area contributed by atoms with Gasteiger partial charge in [-0.1, -0.05) is 19.3 Å². The minimum atomic E-state index is 0.108. The van der Waals surface area contributed by atoms with Crippen molar-refractivity contribution in [2.75, 3.05) is 18.8 Å². The highest BCUT2D eigenvalue weighted by atomic mass is 16.2. The third kappa shape index (κ3) is 3.44. The van der Waals surface area contributed by atoms with E-state index in [1.54, 1.807) is 0 Å². The van der Waals surface area contributed by atoms with E-state index in [-0.39, 0.29) is 18.4 Å². The van der Waals surface area contributed by atoms with E-state index >= 15 is 0 Å². The zero-order valence-corrected chi connectivity index (χ0v) is 10.0. The van der Waals surface area contributed by atoms with E-state index in [2.05, 4.69) is 10.1 Å². The van der Waals surface area contributed by atoms with Crippen molar-refractivity contribution < 1.29 is 4.79 Å². The summed E-state index contributed by atoms with van der Waals surface area (Å²) in [6.07, 6.45) is 7.44. The average Bonchev–Trinajstić information content (AvgIpc) is 2.63. The van der Waals surface area contributed by atoms with E-state index in [0.717, 1.165) is 25.9 Å². The van der Waals surface area contributed by atoms with Crippen LogP contribution < -0.4 is 5.73 Å². The monoisotopic (exact) mass is 237 g/mol. The van der Waals surface area contributed by atoms with Gasteiger partial charge in [0, 0.05) is 13.1 Å². The molecular weight excluding hydrogens is 218 g/mol. The van der Waals surface area contributed by atoms with E-state index < -0.39 is 0 Å². The lowest BCUT2D eigenvalue weighted by molar-refractivity contribution is -0.132. The summed E-state index contributed by atoms with van der Waals surface area (Å²) in [5.41, 5.74) is 5.41. The van der Waals surface area contributed by atoms with Gasteiger partial charge in [-0.15, -0.1) is 5.10 Å². The number of nitrogen functional groups attached to an aromatic ring is 1. The molecule has 2 heterocycles. The zero-order valence-electron chi connectivity index (χ0n) is 10.0. The molecule has 6 nitrogen and oxygen atoms in total. The van der Waals surface area contributed by atoms with Crippen LogP contribution in [0.2, 0.25) is 0 Å². The lowest BCUT2D eigenvalue weighted by atomic mass is 10.1. The standard InChI is InChI=1S/C11H19N5O/c12-11-13-9-16(14-11)8-10(17)15-6-4-2-1-3-5-7-15/h9H,1-8H2,(H2,12,14). The highest BCUT2D eigenvalue weighted by molar-refractivity contribution is 5.75. The number of carbonyl (C=O) groups excluding carboxylic acids is 1. The van der Waals surface area contributed by atoms with Gasteiger partial charge in [0.25, 0.3) is 0 Å². The highest BCUT2D eigenvalue weighted by Gasteiger charge is 2.15. The fourth-order valence-corrected chi connectivity index (χ4v) is 2.12. The maximum Gasteiger partial charge on any atom is 0.244 e. The van der Waals surface area contributed by atoms with Gasteiger partial charge in [0.15, 0.2) is 0 Å². The fourth-order valence-electron chi connectivity index (χ4n) is 2.12. The van der Waals surface area contributed by atoms with Crippen LogP contribution in [-0.2, 0) is 11.3 Å². The zero-order chi connectivity index (χ0) is 12.1. The minimum absolute atomic E-state index is 0.108. The number of anilines is 1. The molecule has 1 aliphatic rings. The Morgan fingerprint density at radius 2 is 1.88 bits per heavy atom. The Labute approximate surface area is 101 Å². The summed E-state index contributed by atoms with van der Waals surface area (Å²) in [6, 6.07) is 0. The normalized spacial score (nSPS) is 17.5. The predicted octanol–water partition coefficient (Wildman–Crippen LogP) is 0.653. The predicted molar refractivity (Wildman–Crippen MR) is 64.1 cm³/mol. The SMILES string of the molecule is Nc1ncn(CC(=O)N2CCCCCCC2)n1. The van der Waals surface area contributed by atoms with Gasteiger partial charge in [-0.2, -0.15) is 0 Å². The second kappa shape index (κ2) is 5.65. The highest BCUT2D eigenvalue weighted by Crippen LogP contribution is 2.10. The smallest absolute Gasteiger partial charge is 0.244 e. The van der Waals surface area contributed by atoms with Gasteiger partial charge in [0.05, 0.1) is 0 Å². The maximum atomic E-state index is 12.0. The topological polar surface area (TPSA) is 77.0 Å². The molecule has 1 aromatic heterocycles. The Morgan fingerprint density at radius 1 is 1.24 bits per heavy atom. The number of rotatable bonds is 2. The molecule has 1 saturated heterocycles. The lowest BCUT2D eigenvalue weighted by Crippen LogP contribution is -2.36. The van der Waals surface area contributed by atoms with Crippen molar-refractivity contribution in [3.63, 3.8) is 0 Å². The molecule has 1 amide bonds. The molecule has 6 heteroatoms. The molecule has 0 unspecified atom stereocenters. The summed E-state index contributed by atoms with van der Waals surface area (Å²) in [4.78, 5) is 17.8. The Balaban J connectivity index is 1.89. The van der Waals surface area contributed by atoms with Gasteiger partial charge in [-0.3, -0.25) is 4.79 Å². The summed E-state index contributed by atoms with van der Waals surface area (Å²) in [6.45, 7) is 1.97. The van der Waals surface area contributed by atoms with E-state index in [1.165, 1.54) is 30.3 Å². The van der Waals surface area contributed by atoms with Crippen LogP contribution in [0.1, 0.15) is 32.1 Å². The van der Waals surface area contributed by atoms with Crippen molar-refractivity contribution in [2.45, 2.75) is 38.6 Å². The maximum absolute atomic E-state index is 12.0. The Morgan fingerprint density at radius 3 is 2.47 bits per heavy atom. The number of nitrogens with zero attached hydrogens (tertiary/aromatic N) is 4. The fraction of sp³-hybridized carbons (Fsp3) is 0.727. The van der Waals surface area contributed by atoms with Gasteiger partial charge in [0.2, 0.25) is 11.9 Å². The Bertz CT molecular complexity index is 368. The van der Waals surface area contributed by atoms with Gasteiger partial charge >= 0.3 is 0 Å². The molecule has 1 aliphatic heterocycles. The molecule has 94 valence electrons. The quantitative estimate of drug-likeness (QED) is 0.819. The molecule has 1 aromatic rings. The van der Waals surface area contributed by atoms with Crippen LogP contribution >= 0.6 is 0 Å². The van der Waals surface area contributed by atoms with Crippen molar-refractivity contribution in [1.29, 1.82) is 0 Å². The molecule has 0 bridgehead atoms. The molecule has 0 spiro atoms. The van der Waals surface area contributed by atoms with Gasteiger partial charge in [-0.25, -0.2) is 9.67 Å². The van der Waals surface area contributed by atoms with Crippen LogP contribution in [-0.4, -0.2) is 38.7 Å². The second-order valence-corrected chi connectivity index (χ2v) is 4.45. The number of likely N-dealkylation sites (tertiary alicyclic amines) is 1. The Kier molecular flexibility index (Phi) is 3.95. The first-order valence-corrected chi connectivity index (χ1v) is 6.18. The third-order valence-electron chi connectivity index (χ3n) is 3.06. The summed E-state index contributed by atoms with van der Waals surface area (Å²) in [7, 11) is 0. The number of hydrogen-bond donors (Lipinski definition) is 1. The number of nitrogens with two attached hydrogens (primary N) is 1. The first kappa shape index (κ1) is 11.9. The van der Waals surface area contributed by atoms with E-state index in [0.29, 0.717) is 0 Å². The molecule has 0 radical (unpaired) electrons. The molecule has 1 fully saturated rings.